The fraction of sp³-hybridized carbons (Fsp3) is 0.286. The summed E-state index contributed by atoms with van der Waals surface area (Å²) in [6, 6.07) is 8.66. The van der Waals surface area contributed by atoms with E-state index >= 15 is 0 Å². The van der Waals surface area contributed by atoms with Crippen LogP contribution in [0.2, 0.25) is 5.02 Å². The second-order valence-electron chi connectivity index (χ2n) is 7.48. The topological polar surface area (TPSA) is 94.4 Å². The van der Waals surface area contributed by atoms with Crippen molar-refractivity contribution in [2.24, 2.45) is 10.3 Å². The van der Waals surface area contributed by atoms with Gasteiger partial charge in [-0.05, 0) is 61.7 Å². The Bertz CT molecular complexity index is 1100. The molecule has 2 atom stereocenters. The molecular weight excluding hydrogens is 406 g/mol. The second-order valence-corrected chi connectivity index (χ2v) is 7.89. The molecule has 30 heavy (non-hydrogen) atoms. The third kappa shape index (κ3) is 3.43. The average molecular weight is 426 g/mol. The largest absolute Gasteiger partial charge is 0.324 e. The highest BCUT2D eigenvalue weighted by molar-refractivity contribution is 6.32. The minimum Gasteiger partial charge on any atom is -0.324 e. The first-order valence-electron chi connectivity index (χ1n) is 9.45. The number of hydrogen-bond donors (Lipinski definition) is 1. The van der Waals surface area contributed by atoms with E-state index in [4.69, 9.17) is 11.6 Å². The highest BCUT2D eigenvalue weighted by Gasteiger charge is 2.55. The maximum atomic E-state index is 13.0. The zero-order valence-corrected chi connectivity index (χ0v) is 17.5. The predicted octanol–water partition coefficient (Wildman–Crippen LogP) is 3.20. The van der Waals surface area contributed by atoms with E-state index in [-0.39, 0.29) is 12.5 Å². The molecule has 2 aliphatic heterocycles. The number of benzene rings is 2. The molecule has 0 aliphatic carbocycles. The van der Waals surface area contributed by atoms with Crippen molar-refractivity contribution in [2.45, 2.75) is 32.9 Å². The van der Waals surface area contributed by atoms with Crippen molar-refractivity contribution in [1.29, 1.82) is 0 Å². The van der Waals surface area contributed by atoms with Gasteiger partial charge in [0.1, 0.15) is 6.54 Å². The van der Waals surface area contributed by atoms with E-state index in [0.29, 0.717) is 16.4 Å². The van der Waals surface area contributed by atoms with E-state index in [9.17, 15) is 14.4 Å². The van der Waals surface area contributed by atoms with Gasteiger partial charge in [0.25, 0.3) is 11.8 Å². The Morgan fingerprint density at radius 3 is 2.47 bits per heavy atom. The van der Waals surface area contributed by atoms with Gasteiger partial charge in [-0.1, -0.05) is 29.0 Å². The van der Waals surface area contributed by atoms with Gasteiger partial charge in [0.2, 0.25) is 5.91 Å². The van der Waals surface area contributed by atoms with E-state index in [1.54, 1.807) is 18.2 Å². The summed E-state index contributed by atoms with van der Waals surface area (Å²) in [6.45, 7) is 5.58. The molecule has 8 nitrogen and oxygen atoms in total. The number of nitrogens with zero attached hydrogens (tertiary/aromatic N) is 4. The average Bonchev–Trinajstić information content (AvgIpc) is 3.21. The van der Waals surface area contributed by atoms with Gasteiger partial charge in [0.05, 0.1) is 5.69 Å². The number of imide groups is 1. The molecule has 2 aromatic rings. The number of fused-ring (bicyclic) bond motifs is 1. The Hall–Kier alpha value is -3.26. The van der Waals surface area contributed by atoms with Crippen LogP contribution in [0.5, 0.6) is 0 Å². The standard InChI is InChI=1S/C21H20ClN5O3/c1-11-4-6-14(8-13(11)3)23-17(28)10-26-19-18(24-25-26)20(29)27(21(19)30)15-7-5-12(2)16(22)9-15/h4-9,18-19H,10H2,1-3H3,(H,23,28)/t18-,19-/m1/s1. The summed E-state index contributed by atoms with van der Waals surface area (Å²) in [5, 5.41) is 12.3. The van der Waals surface area contributed by atoms with Gasteiger partial charge in [-0.2, -0.15) is 5.11 Å². The van der Waals surface area contributed by atoms with Gasteiger partial charge in [0, 0.05) is 10.7 Å². The quantitative estimate of drug-likeness (QED) is 0.761. The molecule has 9 heteroatoms. The predicted molar refractivity (Wildman–Crippen MR) is 112 cm³/mol. The maximum absolute atomic E-state index is 13.0. The van der Waals surface area contributed by atoms with E-state index in [2.05, 4.69) is 15.7 Å². The lowest BCUT2D eigenvalue weighted by atomic mass is 10.1. The van der Waals surface area contributed by atoms with Crippen LogP contribution < -0.4 is 10.2 Å². The molecule has 0 radical (unpaired) electrons. The van der Waals surface area contributed by atoms with Crippen molar-refractivity contribution in [3.63, 3.8) is 0 Å². The molecule has 0 aromatic heterocycles. The van der Waals surface area contributed by atoms with Crippen molar-refractivity contribution >= 4 is 40.7 Å². The number of amides is 3. The van der Waals surface area contributed by atoms with Gasteiger partial charge in [-0.3, -0.25) is 19.4 Å². The summed E-state index contributed by atoms with van der Waals surface area (Å²) in [7, 11) is 0. The zero-order valence-electron chi connectivity index (χ0n) is 16.7. The number of nitrogens with one attached hydrogen (secondary N) is 1. The molecule has 1 N–H and O–H groups in total. The van der Waals surface area contributed by atoms with Crippen LogP contribution in [-0.4, -0.2) is 41.4 Å². The van der Waals surface area contributed by atoms with E-state index in [1.165, 1.54) is 5.01 Å². The monoisotopic (exact) mass is 425 g/mol. The second kappa shape index (κ2) is 7.53. The van der Waals surface area contributed by atoms with Crippen LogP contribution in [0.4, 0.5) is 11.4 Å². The van der Waals surface area contributed by atoms with E-state index < -0.39 is 23.9 Å². The van der Waals surface area contributed by atoms with Crippen LogP contribution in [0.1, 0.15) is 16.7 Å². The molecule has 0 unspecified atom stereocenters. The Morgan fingerprint density at radius 2 is 1.77 bits per heavy atom. The number of rotatable bonds is 4. The fourth-order valence-corrected chi connectivity index (χ4v) is 3.67. The first kappa shape index (κ1) is 20.0. The van der Waals surface area contributed by atoms with Crippen LogP contribution >= 0.6 is 11.6 Å². The Morgan fingerprint density at radius 1 is 1.03 bits per heavy atom. The molecule has 2 aromatic carbocycles. The molecule has 2 heterocycles. The highest BCUT2D eigenvalue weighted by Crippen LogP contribution is 2.33. The third-order valence-corrected chi connectivity index (χ3v) is 5.77. The summed E-state index contributed by atoms with van der Waals surface area (Å²) in [5.41, 5.74) is 4.04. The molecule has 0 spiro atoms. The van der Waals surface area contributed by atoms with Crippen LogP contribution in [0.15, 0.2) is 46.7 Å². The molecule has 0 saturated carbocycles. The van der Waals surface area contributed by atoms with Gasteiger partial charge in [-0.15, -0.1) is 0 Å². The van der Waals surface area contributed by atoms with Crippen molar-refractivity contribution in [1.82, 2.24) is 5.01 Å². The highest BCUT2D eigenvalue weighted by atomic mass is 35.5. The number of anilines is 2. The molecule has 2 aliphatic rings. The first-order valence-corrected chi connectivity index (χ1v) is 9.82. The Labute approximate surface area is 178 Å². The number of halogens is 1. The lowest BCUT2D eigenvalue weighted by Gasteiger charge is -2.20. The Kier molecular flexibility index (Phi) is 5.03. The number of hydrogen-bond acceptors (Lipinski definition) is 6. The molecule has 1 saturated heterocycles. The molecule has 4 rings (SSSR count). The lowest BCUT2D eigenvalue weighted by molar-refractivity contribution is -0.123. The Balaban J connectivity index is 1.49. The van der Waals surface area contributed by atoms with Crippen molar-refractivity contribution in [3.8, 4) is 0 Å². The van der Waals surface area contributed by atoms with Crippen molar-refractivity contribution in [3.05, 3.63) is 58.1 Å². The third-order valence-electron chi connectivity index (χ3n) is 5.37. The van der Waals surface area contributed by atoms with Gasteiger partial charge >= 0.3 is 0 Å². The smallest absolute Gasteiger partial charge is 0.263 e. The molecular formula is C21H20ClN5O3. The lowest BCUT2D eigenvalue weighted by Crippen LogP contribution is -2.43. The van der Waals surface area contributed by atoms with E-state index in [0.717, 1.165) is 21.6 Å². The summed E-state index contributed by atoms with van der Waals surface area (Å²) < 4.78 is 0. The number of carbonyl (C=O) groups excluding carboxylic acids is 3. The summed E-state index contributed by atoms with van der Waals surface area (Å²) >= 11 is 6.15. The van der Waals surface area contributed by atoms with Crippen LogP contribution in [-0.2, 0) is 14.4 Å². The minimum atomic E-state index is -0.966. The van der Waals surface area contributed by atoms with Crippen LogP contribution in [0.25, 0.3) is 0 Å². The van der Waals surface area contributed by atoms with Crippen molar-refractivity contribution in [2.75, 3.05) is 16.8 Å². The fourth-order valence-electron chi connectivity index (χ4n) is 3.50. The minimum absolute atomic E-state index is 0.195. The summed E-state index contributed by atoms with van der Waals surface area (Å²) in [6.07, 6.45) is 0. The van der Waals surface area contributed by atoms with Crippen LogP contribution in [0.3, 0.4) is 0 Å². The normalized spacial score (nSPS) is 20.1. The van der Waals surface area contributed by atoms with Gasteiger partial charge in [-0.25, -0.2) is 4.90 Å². The molecule has 3 amide bonds. The zero-order chi connectivity index (χ0) is 21.6. The SMILES string of the molecule is Cc1ccc(NC(=O)CN2N=N[C@H]3C(=O)N(c4ccc(C)c(Cl)c4)C(=O)[C@@H]32)cc1C. The van der Waals surface area contributed by atoms with Crippen LogP contribution in [0, 0.1) is 20.8 Å². The summed E-state index contributed by atoms with van der Waals surface area (Å²) in [4.78, 5) is 39.3. The molecule has 1 fully saturated rings. The first-order chi connectivity index (χ1) is 14.3. The summed E-state index contributed by atoms with van der Waals surface area (Å²) in [5.74, 6) is -1.31. The number of aryl methyl sites for hydroxylation is 3. The number of carbonyl (C=O) groups is 3. The van der Waals surface area contributed by atoms with Gasteiger partial charge < -0.3 is 5.32 Å². The molecule has 0 bridgehead atoms. The van der Waals surface area contributed by atoms with E-state index in [1.807, 2.05) is 39.0 Å². The van der Waals surface area contributed by atoms with Gasteiger partial charge in [0.15, 0.2) is 12.1 Å². The maximum Gasteiger partial charge on any atom is 0.263 e. The van der Waals surface area contributed by atoms with Crippen molar-refractivity contribution < 1.29 is 14.4 Å². The molecule has 154 valence electrons.